The topological polar surface area (TPSA) is 35.5 Å². The van der Waals surface area contributed by atoms with Crippen LogP contribution in [0, 0.1) is 11.8 Å². The fourth-order valence-electron chi connectivity index (χ4n) is 2.82. The number of halogens is 1. The van der Waals surface area contributed by atoms with Gasteiger partial charge in [0, 0.05) is 25.6 Å². The summed E-state index contributed by atoms with van der Waals surface area (Å²) in [6.07, 6.45) is 0.791. The Balaban J connectivity index is 1.96. The van der Waals surface area contributed by atoms with Crippen molar-refractivity contribution in [2.45, 2.75) is 39.8 Å². The molecule has 2 atom stereocenters. The molecule has 3 nitrogen and oxygen atoms in total. The molecule has 0 aliphatic carbocycles. The van der Waals surface area contributed by atoms with Gasteiger partial charge in [0.15, 0.2) is 0 Å². The Morgan fingerprint density at radius 2 is 2.14 bits per heavy atom. The van der Waals surface area contributed by atoms with Crippen molar-refractivity contribution in [3.63, 3.8) is 0 Å². The van der Waals surface area contributed by atoms with E-state index >= 15 is 0 Å². The van der Waals surface area contributed by atoms with Crippen LogP contribution in [0.4, 0.5) is 5.69 Å². The normalized spacial score (nSPS) is 20.3. The summed E-state index contributed by atoms with van der Waals surface area (Å²) in [7, 11) is 0. The Morgan fingerprint density at radius 3 is 2.71 bits per heavy atom. The van der Waals surface area contributed by atoms with E-state index in [4.69, 9.17) is 11.6 Å². The molecule has 1 saturated heterocycles. The lowest BCUT2D eigenvalue weighted by atomic mass is 10.0. The molecule has 2 N–H and O–H groups in total. The predicted molar refractivity (Wildman–Crippen MR) is 90.0 cm³/mol. The van der Waals surface area contributed by atoms with Gasteiger partial charge >= 0.3 is 0 Å². The van der Waals surface area contributed by atoms with Crippen molar-refractivity contribution in [1.29, 1.82) is 0 Å². The summed E-state index contributed by atoms with van der Waals surface area (Å²) in [4.78, 5) is 2.28. The third kappa shape index (κ3) is 4.60. The van der Waals surface area contributed by atoms with E-state index in [9.17, 15) is 5.11 Å². The molecule has 2 unspecified atom stereocenters. The molecule has 118 valence electrons. The fraction of sp³-hybridized carbons (Fsp3) is 0.647. The first-order valence-electron chi connectivity index (χ1n) is 7.89. The molecule has 1 fully saturated rings. The summed E-state index contributed by atoms with van der Waals surface area (Å²) < 4.78 is 0. The van der Waals surface area contributed by atoms with Crippen LogP contribution in [0.5, 0.6) is 0 Å². The smallest absolute Gasteiger partial charge is 0.0642 e. The first kappa shape index (κ1) is 16.6. The number of benzene rings is 1. The van der Waals surface area contributed by atoms with E-state index in [-0.39, 0.29) is 6.10 Å². The first-order chi connectivity index (χ1) is 9.97. The van der Waals surface area contributed by atoms with Crippen LogP contribution in [-0.4, -0.2) is 30.8 Å². The molecular formula is C17H27ClN2O. The van der Waals surface area contributed by atoms with Gasteiger partial charge in [-0.3, -0.25) is 0 Å². The second kappa shape index (κ2) is 7.48. The van der Waals surface area contributed by atoms with Crippen molar-refractivity contribution in [2.75, 3.05) is 24.5 Å². The number of aliphatic hydroxyl groups is 1. The molecule has 0 saturated carbocycles. The van der Waals surface area contributed by atoms with Gasteiger partial charge in [-0.25, -0.2) is 0 Å². The second-order valence-electron chi connectivity index (χ2n) is 6.55. The zero-order chi connectivity index (χ0) is 15.4. The number of nitrogens with one attached hydrogen (secondary N) is 1. The highest BCUT2D eigenvalue weighted by Crippen LogP contribution is 2.32. The van der Waals surface area contributed by atoms with Crippen LogP contribution < -0.4 is 10.2 Å². The van der Waals surface area contributed by atoms with Gasteiger partial charge in [-0.05, 0) is 43.5 Å². The van der Waals surface area contributed by atoms with Gasteiger partial charge in [-0.2, -0.15) is 0 Å². The van der Waals surface area contributed by atoms with E-state index in [1.54, 1.807) is 0 Å². The fourth-order valence-corrected chi connectivity index (χ4v) is 3.14. The zero-order valence-corrected chi connectivity index (χ0v) is 14.0. The van der Waals surface area contributed by atoms with Gasteiger partial charge in [0.2, 0.25) is 0 Å². The van der Waals surface area contributed by atoms with Gasteiger partial charge in [0.1, 0.15) is 0 Å². The average Bonchev–Trinajstić information content (AvgIpc) is 2.88. The predicted octanol–water partition coefficient (Wildman–Crippen LogP) is 3.29. The number of aliphatic hydroxyl groups excluding tert-OH is 1. The van der Waals surface area contributed by atoms with Gasteiger partial charge in [-0.1, -0.05) is 31.5 Å². The summed E-state index contributed by atoms with van der Waals surface area (Å²) in [5.41, 5.74) is 2.31. The quantitative estimate of drug-likeness (QED) is 0.846. The van der Waals surface area contributed by atoms with Crippen LogP contribution in [-0.2, 0) is 6.54 Å². The minimum Gasteiger partial charge on any atom is -0.393 e. The number of hydrogen-bond acceptors (Lipinski definition) is 3. The molecule has 4 heteroatoms. The third-order valence-corrected chi connectivity index (χ3v) is 4.44. The largest absolute Gasteiger partial charge is 0.393 e. The molecule has 1 heterocycles. The maximum Gasteiger partial charge on any atom is 0.0642 e. The van der Waals surface area contributed by atoms with Crippen LogP contribution in [0.2, 0.25) is 5.02 Å². The summed E-state index contributed by atoms with van der Waals surface area (Å²) in [6.45, 7) is 10.0. The highest BCUT2D eigenvalue weighted by molar-refractivity contribution is 6.33. The molecule has 21 heavy (non-hydrogen) atoms. The SMILES string of the molecule is CC(C)CNCc1ccc(N2CCC(C(C)O)C2)c(Cl)c1. The van der Waals surface area contributed by atoms with Gasteiger partial charge in [-0.15, -0.1) is 0 Å². The van der Waals surface area contributed by atoms with Crippen molar-refractivity contribution in [3.8, 4) is 0 Å². The van der Waals surface area contributed by atoms with Crippen molar-refractivity contribution in [1.82, 2.24) is 5.32 Å². The van der Waals surface area contributed by atoms with Crippen LogP contribution in [0.25, 0.3) is 0 Å². The molecule has 0 bridgehead atoms. The van der Waals surface area contributed by atoms with E-state index in [0.717, 1.165) is 43.3 Å². The van der Waals surface area contributed by atoms with Crippen LogP contribution in [0.1, 0.15) is 32.8 Å². The second-order valence-corrected chi connectivity index (χ2v) is 6.95. The number of anilines is 1. The molecule has 1 aromatic rings. The van der Waals surface area contributed by atoms with Crippen LogP contribution >= 0.6 is 11.6 Å². The Hall–Kier alpha value is -0.770. The number of hydrogen-bond donors (Lipinski definition) is 2. The van der Waals surface area contributed by atoms with Gasteiger partial charge in [0.25, 0.3) is 0 Å². The molecular weight excluding hydrogens is 284 g/mol. The van der Waals surface area contributed by atoms with Crippen molar-refractivity contribution in [2.24, 2.45) is 11.8 Å². The molecule has 2 rings (SSSR count). The molecule has 1 aliphatic rings. The zero-order valence-electron chi connectivity index (χ0n) is 13.3. The van der Waals surface area contributed by atoms with Crippen LogP contribution in [0.3, 0.4) is 0 Å². The summed E-state index contributed by atoms with van der Waals surface area (Å²) >= 11 is 6.45. The van der Waals surface area contributed by atoms with Crippen LogP contribution in [0.15, 0.2) is 18.2 Å². The van der Waals surface area contributed by atoms with Crippen molar-refractivity contribution in [3.05, 3.63) is 28.8 Å². The Labute approximate surface area is 133 Å². The van der Waals surface area contributed by atoms with E-state index in [0.29, 0.717) is 11.8 Å². The van der Waals surface area contributed by atoms with Gasteiger partial charge in [0.05, 0.1) is 16.8 Å². The lowest BCUT2D eigenvalue weighted by Crippen LogP contribution is -2.24. The molecule has 0 amide bonds. The standard InChI is InChI=1S/C17H27ClN2O/c1-12(2)9-19-10-14-4-5-17(16(18)8-14)20-7-6-15(11-20)13(3)21/h4-5,8,12-13,15,19,21H,6-7,9-11H2,1-3H3. The monoisotopic (exact) mass is 310 g/mol. The highest BCUT2D eigenvalue weighted by Gasteiger charge is 2.27. The number of rotatable bonds is 6. The first-order valence-corrected chi connectivity index (χ1v) is 8.27. The lowest BCUT2D eigenvalue weighted by molar-refractivity contribution is 0.136. The Morgan fingerprint density at radius 1 is 1.38 bits per heavy atom. The van der Waals surface area contributed by atoms with E-state index in [1.807, 2.05) is 6.92 Å². The highest BCUT2D eigenvalue weighted by atomic mass is 35.5. The van der Waals surface area contributed by atoms with E-state index in [1.165, 1.54) is 5.56 Å². The minimum atomic E-state index is -0.242. The molecule has 0 spiro atoms. The average molecular weight is 311 g/mol. The molecule has 0 radical (unpaired) electrons. The Bertz CT molecular complexity index is 462. The van der Waals surface area contributed by atoms with Crippen molar-refractivity contribution < 1.29 is 5.11 Å². The van der Waals surface area contributed by atoms with Gasteiger partial charge < -0.3 is 15.3 Å². The van der Waals surface area contributed by atoms with E-state index in [2.05, 4.69) is 42.3 Å². The van der Waals surface area contributed by atoms with E-state index < -0.39 is 0 Å². The molecule has 0 aromatic heterocycles. The Kier molecular flexibility index (Phi) is 5.91. The summed E-state index contributed by atoms with van der Waals surface area (Å²) in [6, 6.07) is 6.31. The molecule has 1 aliphatic heterocycles. The minimum absolute atomic E-state index is 0.242. The summed E-state index contributed by atoms with van der Waals surface area (Å²) in [5, 5.41) is 13.9. The van der Waals surface area contributed by atoms with Crippen molar-refractivity contribution >= 4 is 17.3 Å². The maximum atomic E-state index is 9.70. The summed E-state index contributed by atoms with van der Waals surface area (Å²) in [5.74, 6) is 1.01. The molecule has 1 aromatic carbocycles. The lowest BCUT2D eigenvalue weighted by Gasteiger charge is -2.21. The number of nitrogens with zero attached hydrogens (tertiary/aromatic N) is 1. The third-order valence-electron chi connectivity index (χ3n) is 4.14. The maximum absolute atomic E-state index is 9.70.